The van der Waals surface area contributed by atoms with Crippen molar-refractivity contribution in [2.45, 2.75) is 20.8 Å². The van der Waals surface area contributed by atoms with Crippen molar-refractivity contribution in [3.63, 3.8) is 0 Å². The van der Waals surface area contributed by atoms with Crippen LogP contribution in [0.2, 0.25) is 0 Å². The lowest BCUT2D eigenvalue weighted by atomic mass is 10.1. The summed E-state index contributed by atoms with van der Waals surface area (Å²) in [5.41, 5.74) is 5.45. The van der Waals surface area contributed by atoms with Gasteiger partial charge < -0.3 is 0 Å². The summed E-state index contributed by atoms with van der Waals surface area (Å²) in [6.07, 6.45) is 1.73. The Labute approximate surface area is 150 Å². The van der Waals surface area contributed by atoms with Crippen molar-refractivity contribution in [3.8, 4) is 11.3 Å². The maximum absolute atomic E-state index is 13.1. The van der Waals surface area contributed by atoms with Crippen LogP contribution in [-0.4, -0.2) is 17.4 Å². The zero-order valence-electron chi connectivity index (χ0n) is 14.5. The molecule has 0 saturated carbocycles. The largest absolute Gasteiger partial charge is 0.258 e. The van der Waals surface area contributed by atoms with Crippen LogP contribution < -0.4 is 4.80 Å². The van der Waals surface area contributed by atoms with Gasteiger partial charge in [-0.3, -0.25) is 4.99 Å². The van der Waals surface area contributed by atoms with Crippen LogP contribution in [0.15, 0.2) is 57.9 Å². The maximum Gasteiger partial charge on any atom is 0.206 e. The van der Waals surface area contributed by atoms with Crippen LogP contribution in [-0.2, 0) is 0 Å². The first-order valence-electron chi connectivity index (χ1n) is 8.17. The van der Waals surface area contributed by atoms with Crippen molar-refractivity contribution in [1.82, 2.24) is 4.68 Å². The van der Waals surface area contributed by atoms with Crippen LogP contribution in [0.4, 0.5) is 4.39 Å². The maximum atomic E-state index is 13.1. The van der Waals surface area contributed by atoms with Crippen molar-refractivity contribution >= 4 is 17.6 Å². The molecule has 0 bridgehead atoms. The van der Waals surface area contributed by atoms with Gasteiger partial charge >= 0.3 is 0 Å². The first kappa shape index (κ1) is 17.3. The van der Waals surface area contributed by atoms with E-state index in [0.717, 1.165) is 21.6 Å². The highest BCUT2D eigenvalue weighted by Gasteiger charge is 2.08. The summed E-state index contributed by atoms with van der Waals surface area (Å²) in [5, 5.41) is 6.67. The second kappa shape index (κ2) is 7.57. The van der Waals surface area contributed by atoms with Gasteiger partial charge in [-0.25, -0.2) is 9.07 Å². The minimum absolute atomic E-state index is 0.252. The van der Waals surface area contributed by atoms with Crippen LogP contribution in [0.25, 0.3) is 11.3 Å². The molecule has 3 aromatic rings. The molecule has 0 aliphatic heterocycles. The Morgan fingerprint density at radius 1 is 1.08 bits per heavy atom. The fraction of sp³-hybridized carbons (Fsp3) is 0.200. The Morgan fingerprint density at radius 3 is 2.52 bits per heavy atom. The zero-order chi connectivity index (χ0) is 17.8. The third kappa shape index (κ3) is 3.94. The standard InChI is InChI=1S/C20H20FN3S/c1-4-22-20-24(23-12-16-6-9-18(21)10-7-16)19(13-25-20)17-8-5-14(2)15(3)11-17/h5-13H,4H2,1-3H3. The molecule has 0 atom stereocenters. The average molecular weight is 353 g/mol. The van der Waals surface area contributed by atoms with E-state index in [4.69, 9.17) is 0 Å². The molecular formula is C20H20FN3S. The number of benzene rings is 2. The Morgan fingerprint density at radius 2 is 1.84 bits per heavy atom. The number of hydrogen-bond acceptors (Lipinski definition) is 3. The molecule has 0 fully saturated rings. The molecule has 0 spiro atoms. The third-order valence-corrected chi connectivity index (χ3v) is 4.83. The number of halogens is 1. The van der Waals surface area contributed by atoms with Gasteiger partial charge in [0.25, 0.3) is 0 Å². The van der Waals surface area contributed by atoms with Crippen LogP contribution in [0.5, 0.6) is 0 Å². The van der Waals surface area contributed by atoms with Gasteiger partial charge in [0.15, 0.2) is 0 Å². The van der Waals surface area contributed by atoms with Gasteiger partial charge in [-0.2, -0.15) is 5.10 Å². The van der Waals surface area contributed by atoms with Crippen LogP contribution >= 0.6 is 11.3 Å². The molecule has 1 heterocycles. The summed E-state index contributed by atoms with van der Waals surface area (Å²) in [4.78, 5) is 5.37. The van der Waals surface area contributed by atoms with Crippen LogP contribution in [0.1, 0.15) is 23.6 Å². The number of thiazole rings is 1. The highest BCUT2D eigenvalue weighted by atomic mass is 32.1. The average Bonchev–Trinajstić information content (AvgIpc) is 3.00. The third-order valence-electron chi connectivity index (χ3n) is 3.97. The highest BCUT2D eigenvalue weighted by Crippen LogP contribution is 2.23. The molecular weight excluding hydrogens is 333 g/mol. The Bertz CT molecular complexity index is 965. The topological polar surface area (TPSA) is 29.6 Å². The molecule has 128 valence electrons. The summed E-state index contributed by atoms with van der Waals surface area (Å²) in [6, 6.07) is 12.7. The predicted molar refractivity (Wildman–Crippen MR) is 103 cm³/mol. The van der Waals surface area contributed by atoms with Gasteiger partial charge in [0.2, 0.25) is 4.80 Å². The molecule has 25 heavy (non-hydrogen) atoms. The van der Waals surface area contributed by atoms with E-state index in [9.17, 15) is 4.39 Å². The SMILES string of the molecule is CCN=c1scc(-c2ccc(C)c(C)c2)n1N=Cc1ccc(F)cc1. The smallest absolute Gasteiger partial charge is 0.206 e. The number of rotatable bonds is 4. The van der Waals surface area contributed by atoms with E-state index in [0.29, 0.717) is 6.54 Å². The quantitative estimate of drug-likeness (QED) is 0.605. The molecule has 0 radical (unpaired) electrons. The van der Waals surface area contributed by atoms with E-state index in [1.54, 1.807) is 29.7 Å². The Hall–Kier alpha value is -2.53. The summed E-state index contributed by atoms with van der Waals surface area (Å²) in [6.45, 7) is 6.91. The molecule has 3 rings (SSSR count). The summed E-state index contributed by atoms with van der Waals surface area (Å²) in [5.74, 6) is -0.252. The molecule has 0 aliphatic rings. The van der Waals surface area contributed by atoms with Crippen molar-refractivity contribution in [1.29, 1.82) is 0 Å². The van der Waals surface area contributed by atoms with Crippen LogP contribution in [0.3, 0.4) is 0 Å². The fourth-order valence-electron chi connectivity index (χ4n) is 2.43. The van der Waals surface area contributed by atoms with Gasteiger partial charge in [0, 0.05) is 17.5 Å². The highest BCUT2D eigenvalue weighted by molar-refractivity contribution is 7.07. The summed E-state index contributed by atoms with van der Waals surface area (Å²) < 4.78 is 14.9. The number of aryl methyl sites for hydroxylation is 2. The normalized spacial score (nSPS) is 12.2. The monoisotopic (exact) mass is 353 g/mol. The molecule has 2 aromatic carbocycles. The summed E-state index contributed by atoms with van der Waals surface area (Å²) >= 11 is 1.57. The Kier molecular flexibility index (Phi) is 5.24. The molecule has 1 aromatic heterocycles. The van der Waals surface area contributed by atoms with E-state index in [-0.39, 0.29) is 5.82 Å². The number of hydrogen-bond donors (Lipinski definition) is 0. The molecule has 0 unspecified atom stereocenters. The first-order valence-corrected chi connectivity index (χ1v) is 9.05. The molecule has 5 heteroatoms. The Balaban J connectivity index is 2.07. The summed E-state index contributed by atoms with van der Waals surface area (Å²) in [7, 11) is 0. The second-order valence-corrected chi connectivity index (χ2v) is 6.62. The van der Waals surface area contributed by atoms with E-state index in [1.165, 1.54) is 23.3 Å². The second-order valence-electron chi connectivity index (χ2n) is 5.78. The number of nitrogens with zero attached hydrogens (tertiary/aromatic N) is 3. The van der Waals surface area contributed by atoms with E-state index in [2.05, 4.69) is 47.5 Å². The minimum Gasteiger partial charge on any atom is -0.258 e. The molecule has 0 aliphatic carbocycles. The van der Waals surface area contributed by atoms with Gasteiger partial charge in [-0.15, -0.1) is 11.3 Å². The number of aromatic nitrogens is 1. The molecule has 0 saturated heterocycles. The first-order chi connectivity index (χ1) is 12.1. The van der Waals surface area contributed by atoms with E-state index < -0.39 is 0 Å². The van der Waals surface area contributed by atoms with Crippen molar-refractivity contribution in [2.75, 3.05) is 6.54 Å². The molecule has 0 N–H and O–H groups in total. The molecule has 3 nitrogen and oxygen atoms in total. The lowest BCUT2D eigenvalue weighted by Gasteiger charge is -2.06. The molecule has 0 amide bonds. The van der Waals surface area contributed by atoms with E-state index >= 15 is 0 Å². The predicted octanol–water partition coefficient (Wildman–Crippen LogP) is 4.78. The van der Waals surface area contributed by atoms with E-state index in [1.807, 2.05) is 11.6 Å². The fourth-order valence-corrected chi connectivity index (χ4v) is 3.33. The van der Waals surface area contributed by atoms with Gasteiger partial charge in [0.1, 0.15) is 5.82 Å². The van der Waals surface area contributed by atoms with Crippen molar-refractivity contribution < 1.29 is 4.39 Å². The van der Waals surface area contributed by atoms with Crippen molar-refractivity contribution in [2.24, 2.45) is 10.1 Å². The van der Waals surface area contributed by atoms with Crippen LogP contribution in [0, 0.1) is 19.7 Å². The lowest BCUT2D eigenvalue weighted by Crippen LogP contribution is -2.12. The van der Waals surface area contributed by atoms with Gasteiger partial charge in [-0.05, 0) is 55.7 Å². The minimum atomic E-state index is -0.252. The van der Waals surface area contributed by atoms with Gasteiger partial charge in [0.05, 0.1) is 11.9 Å². The zero-order valence-corrected chi connectivity index (χ0v) is 15.3. The van der Waals surface area contributed by atoms with Crippen molar-refractivity contribution in [3.05, 3.63) is 75.2 Å². The lowest BCUT2D eigenvalue weighted by molar-refractivity contribution is 0.628. The van der Waals surface area contributed by atoms with Gasteiger partial charge in [-0.1, -0.05) is 24.3 Å².